The zero-order valence-corrected chi connectivity index (χ0v) is 11.9. The number of halogens is 1. The van der Waals surface area contributed by atoms with Crippen molar-refractivity contribution in [1.29, 1.82) is 0 Å². The number of carbonyl (C=O) groups is 1. The van der Waals surface area contributed by atoms with E-state index in [1.807, 2.05) is 6.92 Å². The minimum Gasteiger partial charge on any atom is -0.309 e. The minimum absolute atomic E-state index is 0.0462. The molecule has 0 bridgehead atoms. The van der Waals surface area contributed by atoms with Gasteiger partial charge >= 0.3 is 0 Å². The fourth-order valence-electron chi connectivity index (χ4n) is 2.46. The third kappa shape index (κ3) is 2.33. The summed E-state index contributed by atoms with van der Waals surface area (Å²) < 4.78 is 14.8. The number of rotatable bonds is 2. The van der Waals surface area contributed by atoms with Gasteiger partial charge in [-0.2, -0.15) is 5.10 Å². The summed E-state index contributed by atoms with van der Waals surface area (Å²) in [6, 6.07) is 6.11. The predicted octanol–water partition coefficient (Wildman–Crippen LogP) is 1.91. The first-order valence-electron chi connectivity index (χ1n) is 6.76. The first-order chi connectivity index (χ1) is 10.1. The zero-order chi connectivity index (χ0) is 15.0. The molecule has 2 aromatic rings. The number of hydrogen-bond acceptors (Lipinski definition) is 3. The first-order valence-corrected chi connectivity index (χ1v) is 6.76. The summed E-state index contributed by atoms with van der Waals surface area (Å²) in [5, 5.41) is 7.26. The molecule has 5 nitrogen and oxygen atoms in total. The molecule has 1 aromatic heterocycles. The van der Waals surface area contributed by atoms with Gasteiger partial charge < -0.3 is 5.32 Å². The summed E-state index contributed by atoms with van der Waals surface area (Å²) in [7, 11) is 1.78. The first kappa shape index (κ1) is 13.5. The number of anilines is 1. The number of nitrogens with one attached hydrogen (secondary N) is 1. The van der Waals surface area contributed by atoms with Crippen molar-refractivity contribution in [3.8, 4) is 0 Å². The third-order valence-corrected chi connectivity index (χ3v) is 3.45. The predicted molar refractivity (Wildman–Crippen MR) is 78.1 cm³/mol. The highest BCUT2D eigenvalue weighted by atomic mass is 19.1. The van der Waals surface area contributed by atoms with Crippen molar-refractivity contribution in [2.75, 3.05) is 11.9 Å². The molecule has 6 heteroatoms. The van der Waals surface area contributed by atoms with E-state index >= 15 is 0 Å². The van der Waals surface area contributed by atoms with Gasteiger partial charge in [-0.3, -0.25) is 14.5 Å². The number of nitrogens with zero attached hydrogens (tertiary/aromatic N) is 3. The van der Waals surface area contributed by atoms with Crippen LogP contribution in [0.3, 0.4) is 0 Å². The van der Waals surface area contributed by atoms with Crippen LogP contribution in [0.5, 0.6) is 0 Å². The van der Waals surface area contributed by atoms with E-state index in [1.165, 1.54) is 12.1 Å². The number of fused-ring (bicyclic) bond motifs is 1. The van der Waals surface area contributed by atoms with Gasteiger partial charge in [0.15, 0.2) is 0 Å². The molecule has 0 aliphatic carbocycles. The second kappa shape index (κ2) is 5.12. The fraction of sp³-hybridized carbons (Fsp3) is 0.267. The van der Waals surface area contributed by atoms with Gasteiger partial charge in [0.1, 0.15) is 18.2 Å². The van der Waals surface area contributed by atoms with Crippen LogP contribution in [0.4, 0.5) is 10.2 Å². The Morgan fingerprint density at radius 2 is 2.05 bits per heavy atom. The van der Waals surface area contributed by atoms with Crippen molar-refractivity contribution in [3.05, 3.63) is 46.9 Å². The average Bonchev–Trinajstić information content (AvgIpc) is 2.67. The molecule has 0 fully saturated rings. The van der Waals surface area contributed by atoms with Crippen molar-refractivity contribution >= 4 is 17.4 Å². The van der Waals surface area contributed by atoms with Gasteiger partial charge in [-0.1, -0.05) is 6.92 Å². The van der Waals surface area contributed by atoms with Crippen LogP contribution < -0.4 is 5.32 Å². The molecule has 1 amide bonds. The quantitative estimate of drug-likeness (QED) is 0.916. The Morgan fingerprint density at radius 3 is 2.71 bits per heavy atom. The van der Waals surface area contributed by atoms with Gasteiger partial charge in [0.05, 0.1) is 17.0 Å². The van der Waals surface area contributed by atoms with Crippen molar-refractivity contribution in [3.63, 3.8) is 0 Å². The number of aryl methyl sites for hydroxylation is 2. The summed E-state index contributed by atoms with van der Waals surface area (Å²) in [4.78, 5) is 16.2. The van der Waals surface area contributed by atoms with E-state index in [2.05, 4.69) is 15.4 Å². The lowest BCUT2D eigenvalue weighted by Gasteiger charge is -2.07. The van der Waals surface area contributed by atoms with E-state index in [9.17, 15) is 9.18 Å². The number of carbonyl (C=O) groups excluding carboxylic acids is 1. The number of benzene rings is 1. The highest BCUT2D eigenvalue weighted by Gasteiger charge is 2.25. The lowest BCUT2D eigenvalue weighted by molar-refractivity contribution is -0.114. The third-order valence-electron chi connectivity index (χ3n) is 3.45. The fourth-order valence-corrected chi connectivity index (χ4v) is 2.46. The molecule has 0 unspecified atom stereocenters. The summed E-state index contributed by atoms with van der Waals surface area (Å²) in [6.07, 6.45) is 0.721. The Hall–Kier alpha value is -2.50. The number of aliphatic imine (C=N–C) groups is 1. The molecule has 1 aliphatic heterocycles. The van der Waals surface area contributed by atoms with Crippen LogP contribution in [0, 0.1) is 5.82 Å². The van der Waals surface area contributed by atoms with Crippen LogP contribution in [0.15, 0.2) is 29.3 Å². The molecule has 108 valence electrons. The molecular weight excluding hydrogens is 271 g/mol. The highest BCUT2D eigenvalue weighted by molar-refractivity contribution is 6.19. The van der Waals surface area contributed by atoms with Crippen molar-refractivity contribution in [1.82, 2.24) is 9.78 Å². The molecule has 2 heterocycles. The van der Waals surface area contributed by atoms with Gasteiger partial charge in [0.2, 0.25) is 5.91 Å². The molecule has 0 atom stereocenters. The molecule has 0 saturated carbocycles. The van der Waals surface area contributed by atoms with Crippen LogP contribution in [-0.4, -0.2) is 27.9 Å². The van der Waals surface area contributed by atoms with E-state index < -0.39 is 0 Å². The van der Waals surface area contributed by atoms with Crippen LogP contribution in [-0.2, 0) is 18.3 Å². The largest absolute Gasteiger partial charge is 0.309 e. The van der Waals surface area contributed by atoms with E-state index in [4.69, 9.17) is 0 Å². The summed E-state index contributed by atoms with van der Waals surface area (Å²) >= 11 is 0. The van der Waals surface area contributed by atoms with Gasteiger partial charge in [0, 0.05) is 12.6 Å². The average molecular weight is 286 g/mol. The van der Waals surface area contributed by atoms with E-state index in [0.717, 1.165) is 23.2 Å². The Morgan fingerprint density at radius 1 is 1.33 bits per heavy atom. The van der Waals surface area contributed by atoms with Crippen LogP contribution in [0.1, 0.15) is 23.7 Å². The van der Waals surface area contributed by atoms with Crippen LogP contribution >= 0.6 is 0 Å². The van der Waals surface area contributed by atoms with E-state index in [-0.39, 0.29) is 18.3 Å². The van der Waals surface area contributed by atoms with Crippen molar-refractivity contribution in [2.24, 2.45) is 12.0 Å². The number of amides is 1. The number of aromatic nitrogens is 2. The SMILES string of the molecule is CCc1nn(C)c2c1C(c1ccc(F)cc1)=NCC(=O)N2. The smallest absolute Gasteiger partial charge is 0.247 e. The Bertz CT molecular complexity index is 731. The van der Waals surface area contributed by atoms with E-state index in [1.54, 1.807) is 23.9 Å². The molecule has 0 spiro atoms. The van der Waals surface area contributed by atoms with Crippen molar-refractivity contribution < 1.29 is 9.18 Å². The highest BCUT2D eigenvalue weighted by Crippen LogP contribution is 2.26. The topological polar surface area (TPSA) is 59.3 Å². The Balaban J connectivity index is 2.21. The van der Waals surface area contributed by atoms with Gasteiger partial charge in [0.25, 0.3) is 0 Å². The maximum atomic E-state index is 13.1. The molecular formula is C15H15FN4O. The molecule has 3 rings (SSSR count). The van der Waals surface area contributed by atoms with Gasteiger partial charge in [-0.05, 0) is 30.7 Å². The Labute approximate surface area is 121 Å². The number of hydrogen-bond donors (Lipinski definition) is 1. The molecule has 1 aromatic carbocycles. The molecule has 0 radical (unpaired) electrons. The molecule has 1 aliphatic rings. The molecule has 21 heavy (non-hydrogen) atoms. The second-order valence-corrected chi connectivity index (χ2v) is 4.87. The molecule has 1 N–H and O–H groups in total. The lowest BCUT2D eigenvalue weighted by Crippen LogP contribution is -2.16. The summed E-state index contributed by atoms with van der Waals surface area (Å²) in [5.74, 6) is 0.153. The molecule has 0 saturated heterocycles. The van der Waals surface area contributed by atoms with Gasteiger partial charge in [-0.25, -0.2) is 4.39 Å². The maximum Gasteiger partial charge on any atom is 0.247 e. The van der Waals surface area contributed by atoms with Crippen LogP contribution in [0.25, 0.3) is 0 Å². The normalized spacial score (nSPS) is 14.2. The minimum atomic E-state index is -0.302. The Kier molecular flexibility index (Phi) is 3.29. The summed E-state index contributed by atoms with van der Waals surface area (Å²) in [5.41, 5.74) is 3.13. The van der Waals surface area contributed by atoms with Gasteiger partial charge in [-0.15, -0.1) is 0 Å². The standard InChI is InChI=1S/C15H15FN4O/c1-3-11-13-14(9-4-6-10(16)7-5-9)17-8-12(21)18-15(13)20(2)19-11/h4-7H,3,8H2,1-2H3,(H,18,21). The van der Waals surface area contributed by atoms with E-state index in [0.29, 0.717) is 11.5 Å². The second-order valence-electron chi connectivity index (χ2n) is 4.87. The van der Waals surface area contributed by atoms with Crippen molar-refractivity contribution in [2.45, 2.75) is 13.3 Å². The maximum absolute atomic E-state index is 13.1. The summed E-state index contributed by atoms with van der Waals surface area (Å²) in [6.45, 7) is 2.04. The van der Waals surface area contributed by atoms with Crippen LogP contribution in [0.2, 0.25) is 0 Å². The monoisotopic (exact) mass is 286 g/mol. The lowest BCUT2D eigenvalue weighted by atomic mass is 10.0. The zero-order valence-electron chi connectivity index (χ0n) is 11.9.